The fourth-order valence-corrected chi connectivity index (χ4v) is 1.57. The summed E-state index contributed by atoms with van der Waals surface area (Å²) >= 11 is 6.15. The largest absolute Gasteiger partial charge is 0.472 e. The first-order chi connectivity index (χ1) is 7.27. The van der Waals surface area contributed by atoms with Gasteiger partial charge in [-0.3, -0.25) is 0 Å². The van der Waals surface area contributed by atoms with E-state index in [1.807, 2.05) is 31.2 Å². The fraction of sp³-hybridized carbons (Fsp3) is 0.167. The average molecular weight is 222 g/mol. The van der Waals surface area contributed by atoms with Crippen molar-refractivity contribution in [2.24, 2.45) is 0 Å². The Morgan fingerprint density at radius 1 is 1.33 bits per heavy atom. The highest BCUT2D eigenvalue weighted by atomic mass is 35.5. The normalized spacial score (nSPS) is 10.3. The molecule has 0 saturated heterocycles. The van der Waals surface area contributed by atoms with Crippen LogP contribution < -0.4 is 5.32 Å². The molecular weight excluding hydrogens is 210 g/mol. The minimum absolute atomic E-state index is 0.722. The number of benzene rings is 1. The summed E-state index contributed by atoms with van der Waals surface area (Å²) in [4.78, 5) is 0. The minimum atomic E-state index is 0.722. The Morgan fingerprint density at radius 3 is 2.93 bits per heavy atom. The Kier molecular flexibility index (Phi) is 2.97. The van der Waals surface area contributed by atoms with Gasteiger partial charge in [0.2, 0.25) is 0 Å². The number of halogens is 1. The van der Waals surface area contributed by atoms with Gasteiger partial charge in [0.25, 0.3) is 0 Å². The van der Waals surface area contributed by atoms with Gasteiger partial charge in [0.1, 0.15) is 0 Å². The fourth-order valence-electron chi connectivity index (χ4n) is 1.37. The van der Waals surface area contributed by atoms with Gasteiger partial charge in [0.15, 0.2) is 0 Å². The molecule has 0 atom stereocenters. The van der Waals surface area contributed by atoms with Crippen LogP contribution in [0, 0.1) is 6.92 Å². The number of anilines is 1. The van der Waals surface area contributed by atoms with Crippen molar-refractivity contribution in [3.8, 4) is 0 Å². The summed E-state index contributed by atoms with van der Waals surface area (Å²) in [7, 11) is 0. The summed E-state index contributed by atoms with van der Waals surface area (Å²) in [5.41, 5.74) is 3.14. The Bertz CT molecular complexity index is 437. The summed E-state index contributed by atoms with van der Waals surface area (Å²) in [6.45, 7) is 2.71. The predicted octanol–water partition coefficient (Wildman–Crippen LogP) is 3.85. The molecule has 0 radical (unpaired) electrons. The first-order valence-electron chi connectivity index (χ1n) is 4.77. The van der Waals surface area contributed by atoms with E-state index in [4.69, 9.17) is 16.0 Å². The Labute approximate surface area is 93.9 Å². The highest BCUT2D eigenvalue weighted by Gasteiger charge is 2.02. The molecule has 1 aromatic carbocycles. The van der Waals surface area contributed by atoms with Gasteiger partial charge in [-0.25, -0.2) is 0 Å². The molecule has 3 heteroatoms. The highest BCUT2D eigenvalue weighted by molar-refractivity contribution is 6.33. The van der Waals surface area contributed by atoms with Crippen LogP contribution in [0.15, 0.2) is 41.2 Å². The number of hydrogen-bond donors (Lipinski definition) is 1. The first-order valence-corrected chi connectivity index (χ1v) is 5.15. The van der Waals surface area contributed by atoms with Crippen LogP contribution in [0.2, 0.25) is 5.02 Å². The van der Waals surface area contributed by atoms with Gasteiger partial charge in [-0.15, -0.1) is 0 Å². The molecule has 2 aromatic rings. The van der Waals surface area contributed by atoms with E-state index in [9.17, 15) is 0 Å². The van der Waals surface area contributed by atoms with Gasteiger partial charge in [-0.05, 0) is 24.6 Å². The average Bonchev–Trinajstić information content (AvgIpc) is 2.73. The van der Waals surface area contributed by atoms with Gasteiger partial charge in [-0.2, -0.15) is 0 Å². The predicted molar refractivity (Wildman–Crippen MR) is 62.2 cm³/mol. The van der Waals surface area contributed by atoms with Crippen molar-refractivity contribution in [2.75, 3.05) is 5.32 Å². The second-order valence-corrected chi connectivity index (χ2v) is 3.80. The maximum Gasteiger partial charge on any atom is 0.0952 e. The van der Waals surface area contributed by atoms with Gasteiger partial charge in [0, 0.05) is 12.1 Å². The lowest BCUT2D eigenvalue weighted by atomic mass is 10.2. The molecule has 0 aliphatic carbocycles. The van der Waals surface area contributed by atoms with Crippen molar-refractivity contribution in [2.45, 2.75) is 13.5 Å². The van der Waals surface area contributed by atoms with E-state index in [-0.39, 0.29) is 0 Å². The van der Waals surface area contributed by atoms with Gasteiger partial charge in [0.05, 0.1) is 23.2 Å². The second kappa shape index (κ2) is 4.41. The number of nitrogens with one attached hydrogen (secondary N) is 1. The van der Waals surface area contributed by atoms with Crippen LogP contribution in [0.5, 0.6) is 0 Å². The summed E-state index contributed by atoms with van der Waals surface area (Å²) in [6, 6.07) is 7.87. The van der Waals surface area contributed by atoms with Crippen LogP contribution >= 0.6 is 11.6 Å². The lowest BCUT2D eigenvalue weighted by Gasteiger charge is -2.08. The van der Waals surface area contributed by atoms with Crippen molar-refractivity contribution in [3.63, 3.8) is 0 Å². The zero-order chi connectivity index (χ0) is 10.7. The SMILES string of the molecule is Cc1cccc(NCc2ccoc2)c1Cl. The molecule has 0 unspecified atom stereocenters. The van der Waals surface area contributed by atoms with E-state index in [1.165, 1.54) is 0 Å². The number of rotatable bonds is 3. The van der Waals surface area contributed by atoms with Crippen LogP contribution in [-0.2, 0) is 6.54 Å². The molecule has 1 N–H and O–H groups in total. The zero-order valence-electron chi connectivity index (χ0n) is 8.46. The molecule has 0 aliphatic rings. The molecule has 0 amide bonds. The number of furan rings is 1. The smallest absolute Gasteiger partial charge is 0.0952 e. The Hall–Kier alpha value is -1.41. The van der Waals surface area contributed by atoms with E-state index in [1.54, 1.807) is 12.5 Å². The maximum absolute atomic E-state index is 6.15. The molecule has 1 aromatic heterocycles. The van der Waals surface area contributed by atoms with Crippen molar-refractivity contribution in [1.29, 1.82) is 0 Å². The number of aryl methyl sites for hydroxylation is 1. The Balaban J connectivity index is 2.08. The van der Waals surface area contributed by atoms with Crippen molar-refractivity contribution < 1.29 is 4.42 Å². The van der Waals surface area contributed by atoms with Gasteiger partial charge >= 0.3 is 0 Å². The lowest BCUT2D eigenvalue weighted by molar-refractivity contribution is 0.564. The molecule has 2 nitrogen and oxygen atoms in total. The van der Waals surface area contributed by atoms with Crippen LogP contribution in [0.3, 0.4) is 0 Å². The van der Waals surface area contributed by atoms with E-state index in [0.717, 1.165) is 28.4 Å². The van der Waals surface area contributed by atoms with Crippen LogP contribution in [0.1, 0.15) is 11.1 Å². The van der Waals surface area contributed by atoms with Crippen LogP contribution in [-0.4, -0.2) is 0 Å². The quantitative estimate of drug-likeness (QED) is 0.852. The zero-order valence-corrected chi connectivity index (χ0v) is 9.21. The van der Waals surface area contributed by atoms with E-state index < -0.39 is 0 Å². The highest BCUT2D eigenvalue weighted by Crippen LogP contribution is 2.25. The topological polar surface area (TPSA) is 25.2 Å². The van der Waals surface area contributed by atoms with Crippen molar-refractivity contribution in [3.05, 3.63) is 52.9 Å². The third-order valence-electron chi connectivity index (χ3n) is 2.25. The van der Waals surface area contributed by atoms with Crippen molar-refractivity contribution >= 4 is 17.3 Å². The molecule has 0 saturated carbocycles. The molecule has 0 spiro atoms. The summed E-state index contributed by atoms with van der Waals surface area (Å²) in [5.74, 6) is 0. The molecular formula is C12H12ClNO. The van der Waals surface area contributed by atoms with Crippen LogP contribution in [0.4, 0.5) is 5.69 Å². The van der Waals surface area contributed by atoms with Gasteiger partial charge < -0.3 is 9.73 Å². The molecule has 2 rings (SSSR count). The van der Waals surface area contributed by atoms with E-state index in [2.05, 4.69) is 5.32 Å². The molecule has 1 heterocycles. The molecule has 0 aliphatic heterocycles. The van der Waals surface area contributed by atoms with Gasteiger partial charge in [-0.1, -0.05) is 23.7 Å². The standard InChI is InChI=1S/C12H12ClNO/c1-9-3-2-4-11(12(9)13)14-7-10-5-6-15-8-10/h2-6,8,14H,7H2,1H3. The van der Waals surface area contributed by atoms with Crippen LogP contribution in [0.25, 0.3) is 0 Å². The monoisotopic (exact) mass is 221 g/mol. The number of hydrogen-bond acceptors (Lipinski definition) is 2. The molecule has 78 valence electrons. The third-order valence-corrected chi connectivity index (χ3v) is 2.76. The Morgan fingerprint density at radius 2 is 2.20 bits per heavy atom. The first kappa shape index (κ1) is 10.1. The van der Waals surface area contributed by atoms with Crippen molar-refractivity contribution in [1.82, 2.24) is 0 Å². The third kappa shape index (κ3) is 2.34. The summed E-state index contributed by atoms with van der Waals surface area (Å²) in [6.07, 6.45) is 3.38. The summed E-state index contributed by atoms with van der Waals surface area (Å²) < 4.78 is 4.98. The molecule has 0 fully saturated rings. The lowest BCUT2D eigenvalue weighted by Crippen LogP contribution is -1.99. The molecule has 15 heavy (non-hydrogen) atoms. The van der Waals surface area contributed by atoms with E-state index >= 15 is 0 Å². The molecule has 0 bridgehead atoms. The second-order valence-electron chi connectivity index (χ2n) is 3.42. The van der Waals surface area contributed by atoms with E-state index in [0.29, 0.717) is 0 Å². The minimum Gasteiger partial charge on any atom is -0.472 e. The summed E-state index contributed by atoms with van der Waals surface area (Å²) in [5, 5.41) is 4.04. The maximum atomic E-state index is 6.15.